The number of hydrogen-bond acceptors (Lipinski definition) is 3. The highest BCUT2D eigenvalue weighted by molar-refractivity contribution is 5.79. The molecule has 0 fully saturated rings. The first-order valence-corrected chi connectivity index (χ1v) is 7.37. The molecule has 0 atom stereocenters. The fraction of sp³-hybridized carbons (Fsp3) is 0.562. The molecule has 0 saturated carbocycles. The van der Waals surface area contributed by atoms with Crippen molar-refractivity contribution in [3.8, 4) is 5.75 Å². The molecule has 1 aromatic rings. The lowest BCUT2D eigenvalue weighted by Gasteiger charge is -2.13. The van der Waals surface area contributed by atoms with Crippen molar-refractivity contribution in [2.75, 3.05) is 40.5 Å². The van der Waals surface area contributed by atoms with Crippen LogP contribution in [0.2, 0.25) is 0 Å². The van der Waals surface area contributed by atoms with Crippen LogP contribution < -0.4 is 15.4 Å². The number of hydrogen-bond donors (Lipinski definition) is 2. The van der Waals surface area contributed by atoms with Crippen molar-refractivity contribution >= 4 is 5.96 Å². The van der Waals surface area contributed by atoms with E-state index < -0.39 is 0 Å². The molecule has 118 valence electrons. The van der Waals surface area contributed by atoms with E-state index >= 15 is 0 Å². The van der Waals surface area contributed by atoms with Crippen molar-refractivity contribution in [1.82, 2.24) is 10.6 Å². The van der Waals surface area contributed by atoms with Gasteiger partial charge in [0.15, 0.2) is 5.96 Å². The molecule has 0 aliphatic carbocycles. The molecule has 0 amide bonds. The Morgan fingerprint density at radius 1 is 1.24 bits per heavy atom. The van der Waals surface area contributed by atoms with E-state index in [0.29, 0.717) is 6.61 Å². The molecular weight excluding hydrogens is 266 g/mol. The molecule has 5 heteroatoms. The summed E-state index contributed by atoms with van der Waals surface area (Å²) in [6.07, 6.45) is 0.886. The molecule has 0 aliphatic heterocycles. The zero-order chi connectivity index (χ0) is 15.5. The molecule has 0 unspecified atom stereocenters. The summed E-state index contributed by atoms with van der Waals surface area (Å²) in [6.45, 7) is 7.05. The highest BCUT2D eigenvalue weighted by atomic mass is 16.5. The SMILES string of the molecule is CCOCCNC(=NC)NCCc1cc(C)ccc1OC. The minimum absolute atomic E-state index is 0.683. The van der Waals surface area contributed by atoms with Crippen molar-refractivity contribution in [3.05, 3.63) is 29.3 Å². The third-order valence-electron chi connectivity index (χ3n) is 3.09. The Bertz CT molecular complexity index is 447. The van der Waals surface area contributed by atoms with Crippen molar-refractivity contribution in [2.45, 2.75) is 20.3 Å². The minimum Gasteiger partial charge on any atom is -0.496 e. The minimum atomic E-state index is 0.683. The van der Waals surface area contributed by atoms with E-state index in [0.717, 1.165) is 37.8 Å². The zero-order valence-electron chi connectivity index (χ0n) is 13.5. The monoisotopic (exact) mass is 293 g/mol. The molecule has 0 aliphatic rings. The van der Waals surface area contributed by atoms with E-state index in [1.54, 1.807) is 14.2 Å². The number of nitrogens with zero attached hydrogens (tertiary/aromatic N) is 1. The molecule has 1 aromatic carbocycles. The van der Waals surface area contributed by atoms with E-state index in [9.17, 15) is 0 Å². The number of benzene rings is 1. The van der Waals surface area contributed by atoms with E-state index in [-0.39, 0.29) is 0 Å². The number of methoxy groups -OCH3 is 1. The van der Waals surface area contributed by atoms with E-state index in [1.807, 2.05) is 13.0 Å². The molecule has 0 saturated heterocycles. The van der Waals surface area contributed by atoms with Crippen LogP contribution >= 0.6 is 0 Å². The van der Waals surface area contributed by atoms with Gasteiger partial charge in [-0.25, -0.2) is 0 Å². The normalized spacial score (nSPS) is 11.3. The van der Waals surface area contributed by atoms with Crippen LogP contribution in [0, 0.1) is 6.92 Å². The molecule has 0 radical (unpaired) electrons. The summed E-state index contributed by atoms with van der Waals surface area (Å²) in [6, 6.07) is 6.23. The number of rotatable bonds is 8. The predicted molar refractivity (Wildman–Crippen MR) is 87.3 cm³/mol. The number of aryl methyl sites for hydroxylation is 1. The quantitative estimate of drug-likeness (QED) is 0.435. The average Bonchev–Trinajstić information content (AvgIpc) is 2.50. The topological polar surface area (TPSA) is 54.9 Å². The van der Waals surface area contributed by atoms with Crippen LogP contribution in [-0.2, 0) is 11.2 Å². The lowest BCUT2D eigenvalue weighted by molar-refractivity contribution is 0.152. The maximum Gasteiger partial charge on any atom is 0.191 e. The smallest absolute Gasteiger partial charge is 0.191 e. The summed E-state index contributed by atoms with van der Waals surface area (Å²) in [4.78, 5) is 4.18. The number of nitrogens with one attached hydrogen (secondary N) is 2. The maximum absolute atomic E-state index is 5.39. The molecule has 0 aromatic heterocycles. The van der Waals surface area contributed by atoms with Crippen molar-refractivity contribution in [3.63, 3.8) is 0 Å². The summed E-state index contributed by atoms with van der Waals surface area (Å²) >= 11 is 0. The molecule has 0 bridgehead atoms. The number of ether oxygens (including phenoxy) is 2. The van der Waals surface area contributed by atoms with Crippen molar-refractivity contribution in [2.24, 2.45) is 4.99 Å². The summed E-state index contributed by atoms with van der Waals surface area (Å²) in [5.41, 5.74) is 2.44. The Morgan fingerprint density at radius 3 is 2.67 bits per heavy atom. The van der Waals surface area contributed by atoms with Gasteiger partial charge in [-0.05, 0) is 31.9 Å². The van der Waals surface area contributed by atoms with Gasteiger partial charge in [-0.2, -0.15) is 0 Å². The highest BCUT2D eigenvalue weighted by Gasteiger charge is 2.04. The average molecular weight is 293 g/mol. The lowest BCUT2D eigenvalue weighted by Crippen LogP contribution is -2.39. The van der Waals surface area contributed by atoms with Crippen LogP contribution in [-0.4, -0.2) is 46.4 Å². The number of guanidine groups is 1. The standard InChI is InChI=1S/C16H27N3O2/c1-5-21-11-10-19-16(17-3)18-9-8-14-12-13(2)6-7-15(14)20-4/h6-7,12H,5,8-11H2,1-4H3,(H2,17,18,19). The third-order valence-corrected chi connectivity index (χ3v) is 3.09. The molecule has 0 heterocycles. The number of aliphatic imine (C=N–C) groups is 1. The molecule has 0 spiro atoms. The van der Waals surface area contributed by atoms with Gasteiger partial charge in [0.1, 0.15) is 5.75 Å². The second kappa shape index (κ2) is 10.0. The van der Waals surface area contributed by atoms with Crippen LogP contribution in [0.4, 0.5) is 0 Å². The second-order valence-electron chi connectivity index (χ2n) is 4.69. The Morgan fingerprint density at radius 2 is 2.00 bits per heavy atom. The van der Waals surface area contributed by atoms with Gasteiger partial charge in [0.05, 0.1) is 13.7 Å². The van der Waals surface area contributed by atoms with Gasteiger partial charge in [-0.15, -0.1) is 0 Å². The van der Waals surface area contributed by atoms with Crippen LogP contribution in [0.1, 0.15) is 18.1 Å². The maximum atomic E-state index is 5.39. The van der Waals surface area contributed by atoms with Crippen LogP contribution in [0.3, 0.4) is 0 Å². The van der Waals surface area contributed by atoms with Crippen LogP contribution in [0.5, 0.6) is 5.75 Å². The van der Waals surface area contributed by atoms with Crippen LogP contribution in [0.25, 0.3) is 0 Å². The lowest BCUT2D eigenvalue weighted by atomic mass is 10.1. The molecular formula is C16H27N3O2. The molecule has 5 nitrogen and oxygen atoms in total. The zero-order valence-corrected chi connectivity index (χ0v) is 13.5. The first-order valence-electron chi connectivity index (χ1n) is 7.37. The fourth-order valence-corrected chi connectivity index (χ4v) is 2.02. The molecule has 2 N–H and O–H groups in total. The summed E-state index contributed by atoms with van der Waals surface area (Å²) < 4.78 is 10.7. The van der Waals surface area contributed by atoms with Gasteiger partial charge in [0.2, 0.25) is 0 Å². The van der Waals surface area contributed by atoms with Gasteiger partial charge in [0.25, 0.3) is 0 Å². The fourth-order valence-electron chi connectivity index (χ4n) is 2.02. The predicted octanol–water partition coefficient (Wildman–Crippen LogP) is 1.75. The Balaban J connectivity index is 2.39. The van der Waals surface area contributed by atoms with Gasteiger partial charge >= 0.3 is 0 Å². The Kier molecular flexibility index (Phi) is 8.28. The summed E-state index contributed by atoms with van der Waals surface area (Å²) in [5.74, 6) is 1.73. The van der Waals surface area contributed by atoms with Crippen LogP contribution in [0.15, 0.2) is 23.2 Å². The second-order valence-corrected chi connectivity index (χ2v) is 4.69. The van der Waals surface area contributed by atoms with E-state index in [1.165, 1.54) is 11.1 Å². The highest BCUT2D eigenvalue weighted by Crippen LogP contribution is 2.19. The molecule has 1 rings (SSSR count). The molecule has 21 heavy (non-hydrogen) atoms. The van der Waals surface area contributed by atoms with Gasteiger partial charge in [0, 0.05) is 26.7 Å². The van der Waals surface area contributed by atoms with Gasteiger partial charge in [-0.1, -0.05) is 17.7 Å². The summed E-state index contributed by atoms with van der Waals surface area (Å²) in [7, 11) is 3.47. The first kappa shape index (κ1) is 17.3. The van der Waals surface area contributed by atoms with E-state index in [4.69, 9.17) is 9.47 Å². The van der Waals surface area contributed by atoms with Gasteiger partial charge < -0.3 is 20.1 Å². The van der Waals surface area contributed by atoms with E-state index in [2.05, 4.69) is 34.7 Å². The summed E-state index contributed by atoms with van der Waals surface area (Å²) in [5, 5.41) is 6.51. The largest absolute Gasteiger partial charge is 0.496 e. The van der Waals surface area contributed by atoms with Crippen molar-refractivity contribution in [1.29, 1.82) is 0 Å². The first-order chi connectivity index (χ1) is 10.2. The Labute approximate surface area is 127 Å². The van der Waals surface area contributed by atoms with Crippen molar-refractivity contribution < 1.29 is 9.47 Å². The third kappa shape index (κ3) is 6.49. The Hall–Kier alpha value is -1.75. The van der Waals surface area contributed by atoms with Gasteiger partial charge in [-0.3, -0.25) is 4.99 Å².